The highest BCUT2D eigenvalue weighted by Gasteiger charge is 2.27. The van der Waals surface area contributed by atoms with Crippen molar-refractivity contribution >= 4 is 15.9 Å². The van der Waals surface area contributed by atoms with Gasteiger partial charge in [0.25, 0.3) is 0 Å². The number of sulfonamides is 1. The predicted molar refractivity (Wildman–Crippen MR) is 87.9 cm³/mol. The van der Waals surface area contributed by atoms with Gasteiger partial charge in [0.05, 0.1) is 18.6 Å². The summed E-state index contributed by atoms with van der Waals surface area (Å²) in [5, 5.41) is 0. The molecule has 0 aliphatic carbocycles. The Labute approximate surface area is 138 Å². The van der Waals surface area contributed by atoms with Crippen LogP contribution < -0.4 is 4.74 Å². The standard InChI is InChI=1S/C16H24N2O4S/c1-3-18(13-16(19)17-11-5-4-6-12-17)23(20,21)15-9-7-14(22-2)8-10-15/h7-10H,3-6,11-13H2,1-2H3. The lowest BCUT2D eigenvalue weighted by Gasteiger charge is -2.29. The molecule has 0 saturated carbocycles. The first-order chi connectivity index (χ1) is 11.0. The van der Waals surface area contributed by atoms with Crippen LogP contribution in [0.4, 0.5) is 0 Å². The Balaban J connectivity index is 2.12. The van der Waals surface area contributed by atoms with E-state index in [1.54, 1.807) is 24.0 Å². The van der Waals surface area contributed by atoms with Crippen molar-refractivity contribution in [2.45, 2.75) is 31.1 Å². The lowest BCUT2D eigenvalue weighted by Crippen LogP contribution is -2.44. The lowest BCUT2D eigenvalue weighted by molar-refractivity contribution is -0.132. The summed E-state index contributed by atoms with van der Waals surface area (Å²) in [6.45, 7) is 3.33. The number of hydrogen-bond donors (Lipinski definition) is 0. The van der Waals surface area contributed by atoms with Crippen LogP contribution in [0, 0.1) is 0 Å². The predicted octanol–water partition coefficient (Wildman–Crippen LogP) is 1.72. The van der Waals surface area contributed by atoms with Crippen LogP contribution in [-0.4, -0.2) is 56.8 Å². The molecule has 0 radical (unpaired) electrons. The summed E-state index contributed by atoms with van der Waals surface area (Å²) in [7, 11) is -2.15. The maximum Gasteiger partial charge on any atom is 0.243 e. The van der Waals surface area contributed by atoms with Gasteiger partial charge in [0.15, 0.2) is 0 Å². The van der Waals surface area contributed by atoms with Gasteiger partial charge in [0.2, 0.25) is 15.9 Å². The molecule has 23 heavy (non-hydrogen) atoms. The maximum atomic E-state index is 12.7. The molecule has 0 unspecified atom stereocenters. The number of ether oxygens (including phenoxy) is 1. The SMILES string of the molecule is CCN(CC(=O)N1CCCCC1)S(=O)(=O)c1ccc(OC)cc1. The number of carbonyl (C=O) groups excluding carboxylic acids is 1. The molecule has 1 aliphatic rings. The largest absolute Gasteiger partial charge is 0.497 e. The topological polar surface area (TPSA) is 66.9 Å². The van der Waals surface area contributed by atoms with E-state index in [0.29, 0.717) is 5.75 Å². The van der Waals surface area contributed by atoms with E-state index in [4.69, 9.17) is 4.74 Å². The van der Waals surface area contributed by atoms with E-state index in [0.717, 1.165) is 32.4 Å². The van der Waals surface area contributed by atoms with Crippen LogP contribution in [-0.2, 0) is 14.8 Å². The molecular formula is C16H24N2O4S. The van der Waals surface area contributed by atoms with Crippen molar-refractivity contribution in [3.8, 4) is 5.75 Å². The fourth-order valence-corrected chi connectivity index (χ4v) is 4.06. The number of hydrogen-bond acceptors (Lipinski definition) is 4. The molecule has 1 amide bonds. The van der Waals surface area contributed by atoms with E-state index in [9.17, 15) is 13.2 Å². The minimum Gasteiger partial charge on any atom is -0.497 e. The van der Waals surface area contributed by atoms with Crippen LogP contribution in [0.1, 0.15) is 26.2 Å². The summed E-state index contributed by atoms with van der Waals surface area (Å²) in [6.07, 6.45) is 3.11. The molecule has 1 aromatic carbocycles. The van der Waals surface area contributed by atoms with Crippen LogP contribution in [0.25, 0.3) is 0 Å². The van der Waals surface area contributed by atoms with Crippen molar-refractivity contribution < 1.29 is 17.9 Å². The molecule has 6 nitrogen and oxygen atoms in total. The average Bonchev–Trinajstić information content (AvgIpc) is 2.60. The summed E-state index contributed by atoms with van der Waals surface area (Å²) in [6, 6.07) is 6.21. The second-order valence-corrected chi connectivity index (χ2v) is 7.49. The third-order valence-electron chi connectivity index (χ3n) is 4.07. The molecule has 1 saturated heterocycles. The summed E-state index contributed by atoms with van der Waals surface area (Å²) >= 11 is 0. The second kappa shape index (κ2) is 7.79. The Bertz CT molecular complexity index is 622. The summed E-state index contributed by atoms with van der Waals surface area (Å²) in [5.41, 5.74) is 0. The van der Waals surface area contributed by atoms with Crippen molar-refractivity contribution in [2.24, 2.45) is 0 Å². The minimum atomic E-state index is -3.68. The summed E-state index contributed by atoms with van der Waals surface area (Å²) in [4.78, 5) is 14.3. The number of piperidine rings is 1. The van der Waals surface area contributed by atoms with Crippen molar-refractivity contribution in [3.05, 3.63) is 24.3 Å². The molecule has 0 bridgehead atoms. The fraction of sp³-hybridized carbons (Fsp3) is 0.562. The first kappa shape index (κ1) is 17.7. The Kier molecular flexibility index (Phi) is 6.01. The van der Waals surface area contributed by atoms with Crippen LogP contribution in [0.5, 0.6) is 5.75 Å². The third kappa shape index (κ3) is 4.23. The highest BCUT2D eigenvalue weighted by molar-refractivity contribution is 7.89. The van der Waals surface area contributed by atoms with Gasteiger partial charge in [0.1, 0.15) is 5.75 Å². The molecular weight excluding hydrogens is 316 g/mol. The van der Waals surface area contributed by atoms with E-state index in [1.165, 1.54) is 23.5 Å². The molecule has 0 spiro atoms. The third-order valence-corrected chi connectivity index (χ3v) is 6.01. The first-order valence-corrected chi connectivity index (χ1v) is 9.35. The quantitative estimate of drug-likeness (QED) is 0.791. The first-order valence-electron chi connectivity index (χ1n) is 7.91. The number of carbonyl (C=O) groups is 1. The normalized spacial score (nSPS) is 15.7. The van der Waals surface area contributed by atoms with Gasteiger partial charge >= 0.3 is 0 Å². The highest BCUT2D eigenvalue weighted by Crippen LogP contribution is 2.20. The van der Waals surface area contributed by atoms with Gasteiger partial charge in [0, 0.05) is 19.6 Å². The molecule has 1 aromatic rings. The summed E-state index contributed by atoms with van der Waals surface area (Å²) in [5.74, 6) is 0.472. The zero-order chi connectivity index (χ0) is 16.9. The van der Waals surface area contributed by atoms with Crippen molar-refractivity contribution in [1.82, 2.24) is 9.21 Å². The monoisotopic (exact) mass is 340 g/mol. The smallest absolute Gasteiger partial charge is 0.243 e. The number of rotatable bonds is 6. The Morgan fingerprint density at radius 1 is 1.17 bits per heavy atom. The lowest BCUT2D eigenvalue weighted by atomic mass is 10.1. The molecule has 0 N–H and O–H groups in total. The Hall–Kier alpha value is -1.60. The van der Waals surface area contributed by atoms with Crippen molar-refractivity contribution in [3.63, 3.8) is 0 Å². The van der Waals surface area contributed by atoms with Crippen LogP contribution in [0.2, 0.25) is 0 Å². The van der Waals surface area contributed by atoms with Crippen LogP contribution >= 0.6 is 0 Å². The minimum absolute atomic E-state index is 0.106. The summed E-state index contributed by atoms with van der Waals surface area (Å²) < 4.78 is 31.7. The number of methoxy groups -OCH3 is 1. The Morgan fingerprint density at radius 3 is 2.30 bits per heavy atom. The average molecular weight is 340 g/mol. The van der Waals surface area contributed by atoms with Crippen LogP contribution in [0.15, 0.2) is 29.2 Å². The van der Waals surface area contributed by atoms with E-state index in [2.05, 4.69) is 0 Å². The fourth-order valence-electron chi connectivity index (χ4n) is 2.66. The Morgan fingerprint density at radius 2 is 1.78 bits per heavy atom. The van der Waals surface area contributed by atoms with Crippen molar-refractivity contribution in [1.29, 1.82) is 0 Å². The maximum absolute atomic E-state index is 12.7. The number of benzene rings is 1. The van der Waals surface area contributed by atoms with Crippen LogP contribution in [0.3, 0.4) is 0 Å². The zero-order valence-corrected chi connectivity index (χ0v) is 14.5. The van der Waals surface area contributed by atoms with Gasteiger partial charge in [-0.25, -0.2) is 8.42 Å². The van der Waals surface area contributed by atoms with Crippen molar-refractivity contribution in [2.75, 3.05) is 33.3 Å². The molecule has 1 fully saturated rings. The second-order valence-electron chi connectivity index (χ2n) is 5.55. The van der Waals surface area contributed by atoms with Gasteiger partial charge in [-0.05, 0) is 43.5 Å². The molecule has 1 heterocycles. The number of likely N-dealkylation sites (N-methyl/N-ethyl adjacent to an activating group) is 1. The van der Waals surface area contributed by atoms with E-state index in [-0.39, 0.29) is 23.9 Å². The molecule has 7 heteroatoms. The van der Waals surface area contributed by atoms with Gasteiger partial charge in [-0.15, -0.1) is 0 Å². The molecule has 1 aliphatic heterocycles. The molecule has 128 valence electrons. The van der Waals surface area contributed by atoms with E-state index >= 15 is 0 Å². The number of amides is 1. The van der Waals surface area contributed by atoms with Gasteiger partial charge < -0.3 is 9.64 Å². The van der Waals surface area contributed by atoms with E-state index in [1.807, 2.05) is 0 Å². The molecule has 2 rings (SSSR count). The number of nitrogens with zero attached hydrogens (tertiary/aromatic N) is 2. The number of likely N-dealkylation sites (tertiary alicyclic amines) is 1. The molecule has 0 aromatic heterocycles. The zero-order valence-electron chi connectivity index (χ0n) is 13.7. The van der Waals surface area contributed by atoms with Gasteiger partial charge in [-0.1, -0.05) is 6.92 Å². The van der Waals surface area contributed by atoms with Gasteiger partial charge in [-0.3, -0.25) is 4.79 Å². The highest BCUT2D eigenvalue weighted by atomic mass is 32.2. The van der Waals surface area contributed by atoms with E-state index < -0.39 is 10.0 Å². The van der Waals surface area contributed by atoms with Gasteiger partial charge in [-0.2, -0.15) is 4.31 Å². The molecule has 0 atom stereocenters.